The topological polar surface area (TPSA) is 32.3 Å². The number of aryl methyl sites for hydroxylation is 1. The van der Waals surface area contributed by atoms with Crippen LogP contribution in [-0.2, 0) is 17.8 Å². The van der Waals surface area contributed by atoms with Crippen LogP contribution in [0.15, 0.2) is 48.5 Å². The average molecular weight is 310 g/mol. The highest BCUT2D eigenvalue weighted by Gasteiger charge is 2.06. The Bertz CT molecular complexity index is 630. The summed E-state index contributed by atoms with van der Waals surface area (Å²) in [5.41, 5.74) is 4.33. The first-order valence-electron chi connectivity index (χ1n) is 8.27. The third kappa shape index (κ3) is 5.53. The molecule has 3 heteroatoms. The maximum atomic E-state index is 12.2. The van der Waals surface area contributed by atoms with Crippen molar-refractivity contribution in [3.05, 3.63) is 65.2 Å². The molecule has 0 aliphatic carbocycles. The van der Waals surface area contributed by atoms with E-state index in [1.54, 1.807) is 0 Å². The molecule has 0 radical (unpaired) electrons. The van der Waals surface area contributed by atoms with Gasteiger partial charge in [0.1, 0.15) is 0 Å². The fourth-order valence-electron chi connectivity index (χ4n) is 2.55. The van der Waals surface area contributed by atoms with Crippen LogP contribution >= 0.6 is 0 Å². The molecular formula is C20H26N2O. The summed E-state index contributed by atoms with van der Waals surface area (Å²) in [4.78, 5) is 14.5. The Hall–Kier alpha value is -2.13. The molecule has 0 atom stereocenters. The smallest absolute Gasteiger partial charge is 0.228 e. The SMILES string of the molecule is CCN(CC)Cc1cccc(NC(=O)Cc2ccc(C)cc2)c1. The van der Waals surface area contributed by atoms with Gasteiger partial charge in [0.25, 0.3) is 0 Å². The standard InChI is InChI=1S/C20H26N2O/c1-4-22(5-2)15-18-7-6-8-19(13-18)21-20(23)14-17-11-9-16(3)10-12-17/h6-13H,4-5,14-15H2,1-3H3,(H,21,23). The van der Waals surface area contributed by atoms with E-state index in [0.29, 0.717) is 6.42 Å². The van der Waals surface area contributed by atoms with Crippen LogP contribution < -0.4 is 5.32 Å². The monoisotopic (exact) mass is 310 g/mol. The van der Waals surface area contributed by atoms with Gasteiger partial charge < -0.3 is 5.32 Å². The van der Waals surface area contributed by atoms with Gasteiger partial charge in [0.05, 0.1) is 6.42 Å². The van der Waals surface area contributed by atoms with E-state index >= 15 is 0 Å². The lowest BCUT2D eigenvalue weighted by molar-refractivity contribution is -0.115. The lowest BCUT2D eigenvalue weighted by Crippen LogP contribution is -2.22. The van der Waals surface area contributed by atoms with Crippen LogP contribution in [-0.4, -0.2) is 23.9 Å². The van der Waals surface area contributed by atoms with Crippen molar-refractivity contribution >= 4 is 11.6 Å². The summed E-state index contributed by atoms with van der Waals surface area (Å²) in [5, 5.41) is 3.00. The summed E-state index contributed by atoms with van der Waals surface area (Å²) in [6, 6.07) is 16.2. The maximum absolute atomic E-state index is 12.2. The lowest BCUT2D eigenvalue weighted by Gasteiger charge is -2.18. The first kappa shape index (κ1) is 17.2. The first-order chi connectivity index (χ1) is 11.1. The molecular weight excluding hydrogens is 284 g/mol. The Morgan fingerprint density at radius 3 is 2.35 bits per heavy atom. The van der Waals surface area contributed by atoms with Crippen LogP contribution in [0.1, 0.15) is 30.5 Å². The van der Waals surface area contributed by atoms with Gasteiger partial charge in [-0.25, -0.2) is 0 Å². The van der Waals surface area contributed by atoms with Crippen LogP contribution in [0.3, 0.4) is 0 Å². The fourth-order valence-corrected chi connectivity index (χ4v) is 2.55. The van der Waals surface area contributed by atoms with Crippen molar-refractivity contribution < 1.29 is 4.79 Å². The molecule has 0 aliphatic heterocycles. The van der Waals surface area contributed by atoms with Gasteiger partial charge in [-0.1, -0.05) is 55.8 Å². The highest BCUT2D eigenvalue weighted by Crippen LogP contribution is 2.13. The van der Waals surface area contributed by atoms with Crippen LogP contribution in [0.4, 0.5) is 5.69 Å². The Labute approximate surface area is 139 Å². The number of rotatable bonds is 7. The minimum atomic E-state index is 0.0221. The molecule has 1 N–H and O–H groups in total. The molecule has 0 saturated heterocycles. The van der Waals surface area contributed by atoms with Crippen molar-refractivity contribution in [2.24, 2.45) is 0 Å². The largest absolute Gasteiger partial charge is 0.326 e. The number of anilines is 1. The Morgan fingerprint density at radius 2 is 1.70 bits per heavy atom. The average Bonchev–Trinajstić information content (AvgIpc) is 2.55. The number of hydrogen-bond acceptors (Lipinski definition) is 2. The number of nitrogens with one attached hydrogen (secondary N) is 1. The fraction of sp³-hybridized carbons (Fsp3) is 0.350. The molecule has 0 saturated carbocycles. The van der Waals surface area contributed by atoms with E-state index in [2.05, 4.69) is 36.2 Å². The highest BCUT2D eigenvalue weighted by molar-refractivity contribution is 5.92. The van der Waals surface area contributed by atoms with E-state index < -0.39 is 0 Å². The van der Waals surface area contributed by atoms with Crippen molar-refractivity contribution in [3.8, 4) is 0 Å². The predicted octanol–water partition coefficient (Wildman–Crippen LogP) is 4.02. The van der Waals surface area contributed by atoms with E-state index in [-0.39, 0.29) is 5.91 Å². The molecule has 0 bridgehead atoms. The molecule has 122 valence electrons. The van der Waals surface area contributed by atoms with Crippen LogP contribution in [0.2, 0.25) is 0 Å². The van der Waals surface area contributed by atoms with Crippen molar-refractivity contribution in [2.45, 2.75) is 33.7 Å². The second-order valence-corrected chi connectivity index (χ2v) is 5.87. The van der Waals surface area contributed by atoms with Crippen molar-refractivity contribution in [3.63, 3.8) is 0 Å². The molecule has 0 aliphatic rings. The van der Waals surface area contributed by atoms with Gasteiger partial charge in [0, 0.05) is 12.2 Å². The first-order valence-corrected chi connectivity index (χ1v) is 8.27. The van der Waals surface area contributed by atoms with Gasteiger partial charge in [-0.2, -0.15) is 0 Å². The minimum Gasteiger partial charge on any atom is -0.326 e. The third-order valence-corrected chi connectivity index (χ3v) is 4.00. The van der Waals surface area contributed by atoms with Crippen molar-refractivity contribution in [2.75, 3.05) is 18.4 Å². The summed E-state index contributed by atoms with van der Waals surface area (Å²) in [6.45, 7) is 9.34. The number of benzene rings is 2. The molecule has 23 heavy (non-hydrogen) atoms. The molecule has 0 aromatic heterocycles. The Balaban J connectivity index is 1.96. The van der Waals surface area contributed by atoms with Gasteiger partial charge in [-0.05, 0) is 43.3 Å². The normalized spacial score (nSPS) is 10.8. The zero-order valence-corrected chi connectivity index (χ0v) is 14.3. The highest BCUT2D eigenvalue weighted by atomic mass is 16.1. The van der Waals surface area contributed by atoms with E-state index in [4.69, 9.17) is 0 Å². The third-order valence-electron chi connectivity index (χ3n) is 4.00. The van der Waals surface area contributed by atoms with Gasteiger partial charge >= 0.3 is 0 Å². The molecule has 0 fully saturated rings. The van der Waals surface area contributed by atoms with Gasteiger partial charge in [-0.15, -0.1) is 0 Å². The van der Waals surface area contributed by atoms with Crippen LogP contribution in [0.5, 0.6) is 0 Å². The molecule has 3 nitrogen and oxygen atoms in total. The van der Waals surface area contributed by atoms with Crippen LogP contribution in [0.25, 0.3) is 0 Å². The number of nitrogens with zero attached hydrogens (tertiary/aromatic N) is 1. The number of amides is 1. The van der Waals surface area contributed by atoms with Gasteiger partial charge in [0.2, 0.25) is 5.91 Å². The molecule has 0 unspecified atom stereocenters. The van der Waals surface area contributed by atoms with E-state index in [1.165, 1.54) is 11.1 Å². The summed E-state index contributed by atoms with van der Waals surface area (Å²) in [7, 11) is 0. The lowest BCUT2D eigenvalue weighted by atomic mass is 10.1. The molecule has 2 aromatic carbocycles. The van der Waals surface area contributed by atoms with Crippen LogP contribution in [0, 0.1) is 6.92 Å². The maximum Gasteiger partial charge on any atom is 0.228 e. The number of hydrogen-bond donors (Lipinski definition) is 1. The molecule has 0 spiro atoms. The zero-order valence-electron chi connectivity index (χ0n) is 14.3. The Kier molecular flexibility index (Phi) is 6.36. The van der Waals surface area contributed by atoms with Gasteiger partial charge in [0.15, 0.2) is 0 Å². The molecule has 2 rings (SSSR count). The second-order valence-electron chi connectivity index (χ2n) is 5.87. The number of carbonyl (C=O) groups excluding carboxylic acids is 1. The molecule has 2 aromatic rings. The molecule has 0 heterocycles. The summed E-state index contributed by atoms with van der Waals surface area (Å²) >= 11 is 0. The predicted molar refractivity (Wildman–Crippen MR) is 96.6 cm³/mol. The Morgan fingerprint density at radius 1 is 1.00 bits per heavy atom. The van der Waals surface area contributed by atoms with Crippen molar-refractivity contribution in [1.82, 2.24) is 4.90 Å². The quantitative estimate of drug-likeness (QED) is 0.838. The summed E-state index contributed by atoms with van der Waals surface area (Å²) in [6.07, 6.45) is 0.403. The van der Waals surface area contributed by atoms with Gasteiger partial charge in [-0.3, -0.25) is 9.69 Å². The van der Waals surface area contributed by atoms with E-state index in [9.17, 15) is 4.79 Å². The molecule has 1 amide bonds. The summed E-state index contributed by atoms with van der Waals surface area (Å²) < 4.78 is 0. The van der Waals surface area contributed by atoms with E-state index in [1.807, 2.05) is 43.3 Å². The summed E-state index contributed by atoms with van der Waals surface area (Å²) in [5.74, 6) is 0.0221. The zero-order chi connectivity index (χ0) is 16.7. The van der Waals surface area contributed by atoms with Crippen molar-refractivity contribution in [1.29, 1.82) is 0 Å². The van der Waals surface area contributed by atoms with E-state index in [0.717, 1.165) is 30.9 Å². The number of carbonyl (C=O) groups is 1. The second kappa shape index (κ2) is 8.49. The minimum absolute atomic E-state index is 0.0221.